The standard InChI is InChI=1S/C16H26O13/c1-5(17)25-3-7-9(19)11(21)13(23)15(27-7)29-16-14(24)12(22)10(20)8(28-16)4-26-6(2)18/h7-16,19-24H,3-4H2,1-2H3/t7?,8?,9-,10-,11?,12?,13?,14?,15-,16-/m1/s1. The van der Waals surface area contributed by atoms with Gasteiger partial charge in [-0.3, -0.25) is 9.59 Å². The van der Waals surface area contributed by atoms with E-state index in [1.165, 1.54) is 0 Å². The Kier molecular flexibility index (Phi) is 8.28. The van der Waals surface area contributed by atoms with E-state index in [0.717, 1.165) is 13.8 Å². The van der Waals surface area contributed by atoms with Crippen molar-refractivity contribution in [3.63, 3.8) is 0 Å². The molecule has 0 aliphatic carbocycles. The number of esters is 2. The largest absolute Gasteiger partial charge is 0.463 e. The lowest BCUT2D eigenvalue weighted by atomic mass is 9.98. The van der Waals surface area contributed by atoms with Crippen LogP contribution in [0.5, 0.6) is 0 Å². The smallest absolute Gasteiger partial charge is 0.302 e. The quantitative estimate of drug-likeness (QED) is 0.223. The van der Waals surface area contributed by atoms with Crippen LogP contribution in [0.1, 0.15) is 13.8 Å². The van der Waals surface area contributed by atoms with Crippen LogP contribution in [-0.2, 0) is 33.3 Å². The van der Waals surface area contributed by atoms with Gasteiger partial charge >= 0.3 is 11.9 Å². The number of aliphatic hydroxyl groups excluding tert-OH is 6. The highest BCUT2D eigenvalue weighted by Crippen LogP contribution is 2.28. The molecular weight excluding hydrogens is 400 g/mol. The van der Waals surface area contributed by atoms with Crippen LogP contribution in [-0.4, -0.2) is 117 Å². The molecule has 2 heterocycles. The Balaban J connectivity index is 2.07. The third-order valence-electron chi connectivity index (χ3n) is 4.51. The van der Waals surface area contributed by atoms with E-state index in [1.807, 2.05) is 0 Å². The van der Waals surface area contributed by atoms with Gasteiger partial charge in [-0.15, -0.1) is 0 Å². The van der Waals surface area contributed by atoms with Crippen molar-refractivity contribution in [2.75, 3.05) is 13.2 Å². The van der Waals surface area contributed by atoms with Gasteiger partial charge in [-0.25, -0.2) is 0 Å². The van der Waals surface area contributed by atoms with E-state index in [2.05, 4.69) is 0 Å². The highest BCUT2D eigenvalue weighted by Gasteiger charge is 2.50. The summed E-state index contributed by atoms with van der Waals surface area (Å²) < 4.78 is 25.3. The fourth-order valence-corrected chi connectivity index (χ4v) is 2.86. The lowest BCUT2D eigenvalue weighted by molar-refractivity contribution is -0.376. The van der Waals surface area contributed by atoms with Gasteiger partial charge in [-0.05, 0) is 0 Å². The number of rotatable bonds is 6. The van der Waals surface area contributed by atoms with Gasteiger partial charge in [0.05, 0.1) is 0 Å². The molecule has 0 aromatic rings. The number of hydrogen-bond donors (Lipinski definition) is 6. The van der Waals surface area contributed by atoms with Crippen molar-refractivity contribution < 1.29 is 63.9 Å². The second-order valence-corrected chi connectivity index (χ2v) is 6.77. The van der Waals surface area contributed by atoms with Crippen LogP contribution < -0.4 is 0 Å². The Morgan fingerprint density at radius 2 is 1.00 bits per heavy atom. The molecule has 6 unspecified atom stereocenters. The average molecular weight is 426 g/mol. The van der Waals surface area contributed by atoms with Gasteiger partial charge in [0.15, 0.2) is 12.6 Å². The van der Waals surface area contributed by atoms with Crippen LogP contribution in [0.25, 0.3) is 0 Å². The summed E-state index contributed by atoms with van der Waals surface area (Å²) in [5.41, 5.74) is 0. The molecule has 2 rings (SSSR count). The molecule has 13 nitrogen and oxygen atoms in total. The van der Waals surface area contributed by atoms with E-state index in [-0.39, 0.29) is 0 Å². The van der Waals surface area contributed by atoms with Crippen molar-refractivity contribution in [2.45, 2.75) is 75.3 Å². The summed E-state index contributed by atoms with van der Waals surface area (Å²) in [4.78, 5) is 21.9. The zero-order valence-corrected chi connectivity index (χ0v) is 15.7. The number of ether oxygens (including phenoxy) is 5. The molecule has 0 bridgehead atoms. The van der Waals surface area contributed by atoms with Crippen LogP contribution in [0.15, 0.2) is 0 Å². The maximum Gasteiger partial charge on any atom is 0.302 e. The Morgan fingerprint density at radius 3 is 1.31 bits per heavy atom. The summed E-state index contributed by atoms with van der Waals surface area (Å²) in [6.45, 7) is 1.34. The van der Waals surface area contributed by atoms with Crippen LogP contribution in [0.4, 0.5) is 0 Å². The number of aliphatic hydroxyl groups is 6. The van der Waals surface area contributed by atoms with Crippen molar-refractivity contribution in [2.24, 2.45) is 0 Å². The predicted molar refractivity (Wildman–Crippen MR) is 87.7 cm³/mol. The second-order valence-electron chi connectivity index (χ2n) is 6.77. The van der Waals surface area contributed by atoms with Crippen molar-refractivity contribution >= 4 is 11.9 Å². The van der Waals surface area contributed by atoms with E-state index in [1.54, 1.807) is 0 Å². The molecule has 0 saturated carbocycles. The first kappa shape index (κ1) is 23.9. The minimum absolute atomic E-state index is 0.454. The molecule has 2 fully saturated rings. The highest BCUT2D eigenvalue weighted by atomic mass is 16.8. The van der Waals surface area contributed by atoms with Crippen LogP contribution in [0.3, 0.4) is 0 Å². The van der Waals surface area contributed by atoms with E-state index >= 15 is 0 Å². The molecule has 2 aliphatic heterocycles. The fourth-order valence-electron chi connectivity index (χ4n) is 2.86. The van der Waals surface area contributed by atoms with Crippen molar-refractivity contribution in [1.82, 2.24) is 0 Å². The van der Waals surface area contributed by atoms with Crippen molar-refractivity contribution in [1.29, 1.82) is 0 Å². The third-order valence-corrected chi connectivity index (χ3v) is 4.51. The number of carbonyl (C=O) groups is 2. The van der Waals surface area contributed by atoms with Gasteiger partial charge in [0.2, 0.25) is 0 Å². The van der Waals surface area contributed by atoms with Gasteiger partial charge in [-0.1, -0.05) is 0 Å². The zero-order valence-electron chi connectivity index (χ0n) is 15.7. The summed E-state index contributed by atoms with van der Waals surface area (Å²) in [6, 6.07) is 0. The monoisotopic (exact) mass is 426 g/mol. The summed E-state index contributed by atoms with van der Waals surface area (Å²) in [5.74, 6) is -1.34. The second kappa shape index (κ2) is 10.1. The van der Waals surface area contributed by atoms with Crippen molar-refractivity contribution in [3.05, 3.63) is 0 Å². The Labute approximate surface area is 165 Å². The van der Waals surface area contributed by atoms with Crippen LogP contribution in [0.2, 0.25) is 0 Å². The molecule has 10 atom stereocenters. The molecule has 29 heavy (non-hydrogen) atoms. The van der Waals surface area contributed by atoms with Gasteiger partial charge in [0.1, 0.15) is 62.0 Å². The SMILES string of the molecule is CC(=O)OCC1O[C@H](O[C@H]2OC(COC(C)=O)[C@@H](O)C(O)C2O)C(O)C(O)[C@@H]1O. The van der Waals surface area contributed by atoms with Gasteiger partial charge in [0, 0.05) is 13.8 Å². The molecule has 0 radical (unpaired) electrons. The highest BCUT2D eigenvalue weighted by molar-refractivity contribution is 5.66. The first-order valence-electron chi connectivity index (χ1n) is 8.84. The van der Waals surface area contributed by atoms with Crippen molar-refractivity contribution in [3.8, 4) is 0 Å². The molecule has 6 N–H and O–H groups in total. The first-order valence-corrected chi connectivity index (χ1v) is 8.84. The number of hydrogen-bond acceptors (Lipinski definition) is 13. The molecule has 168 valence electrons. The summed E-state index contributed by atoms with van der Waals surface area (Å²) >= 11 is 0. The normalized spacial score (nSPS) is 42.9. The lowest BCUT2D eigenvalue weighted by Gasteiger charge is -2.44. The van der Waals surface area contributed by atoms with Gasteiger partial charge in [0.25, 0.3) is 0 Å². The Hall–Kier alpha value is -1.42. The topological polar surface area (TPSA) is 202 Å². The minimum Gasteiger partial charge on any atom is -0.463 e. The fraction of sp³-hybridized carbons (Fsp3) is 0.875. The molecule has 0 aromatic carbocycles. The van der Waals surface area contributed by atoms with E-state index < -0.39 is 86.6 Å². The lowest BCUT2D eigenvalue weighted by Crippen LogP contribution is -2.64. The number of carbonyl (C=O) groups excluding carboxylic acids is 2. The molecule has 0 spiro atoms. The molecular formula is C16H26O13. The maximum absolute atomic E-state index is 10.9. The molecule has 0 aromatic heterocycles. The van der Waals surface area contributed by atoms with E-state index in [4.69, 9.17) is 23.7 Å². The predicted octanol–water partition coefficient (Wildman–Crippen LogP) is -4.26. The molecule has 2 aliphatic rings. The van der Waals surface area contributed by atoms with E-state index in [9.17, 15) is 40.2 Å². The maximum atomic E-state index is 10.9. The summed E-state index contributed by atoms with van der Waals surface area (Å²) in [6.07, 6.45) is -16.1. The zero-order chi connectivity index (χ0) is 21.9. The van der Waals surface area contributed by atoms with Crippen LogP contribution >= 0.6 is 0 Å². The summed E-state index contributed by atoms with van der Waals surface area (Å²) in [7, 11) is 0. The molecule has 0 amide bonds. The Morgan fingerprint density at radius 1 is 0.655 bits per heavy atom. The van der Waals surface area contributed by atoms with Crippen LogP contribution in [0, 0.1) is 0 Å². The average Bonchev–Trinajstić information content (AvgIpc) is 2.66. The van der Waals surface area contributed by atoms with E-state index in [0.29, 0.717) is 0 Å². The molecule has 2 saturated heterocycles. The third kappa shape index (κ3) is 5.81. The first-order chi connectivity index (χ1) is 13.5. The summed E-state index contributed by atoms with van der Waals surface area (Å²) in [5, 5.41) is 60.1. The Bertz CT molecular complexity index is 523. The van der Waals surface area contributed by atoms with Gasteiger partial charge < -0.3 is 54.3 Å². The van der Waals surface area contributed by atoms with Gasteiger partial charge in [-0.2, -0.15) is 0 Å². The minimum atomic E-state index is -1.79. The molecule has 13 heteroatoms.